The molecule has 2 heterocycles. The first-order valence-corrected chi connectivity index (χ1v) is 10.3. The Hall–Kier alpha value is -1.16. The molecular weight excluding hydrogens is 332 g/mol. The molecule has 23 heavy (non-hydrogen) atoms. The van der Waals surface area contributed by atoms with Crippen LogP contribution in [0, 0.1) is 0 Å². The van der Waals surface area contributed by atoms with E-state index in [1.165, 1.54) is 36.5 Å². The summed E-state index contributed by atoms with van der Waals surface area (Å²) in [6.07, 6.45) is 5.53. The van der Waals surface area contributed by atoms with E-state index in [1.807, 2.05) is 11.8 Å². The lowest BCUT2D eigenvalue weighted by molar-refractivity contribution is 0.632. The van der Waals surface area contributed by atoms with E-state index in [1.54, 1.807) is 0 Å². The molecule has 0 radical (unpaired) electrons. The van der Waals surface area contributed by atoms with Crippen molar-refractivity contribution in [2.45, 2.75) is 44.9 Å². The molecule has 2 aromatic heterocycles. The lowest BCUT2D eigenvalue weighted by atomic mass is 10.0. The second-order valence-corrected chi connectivity index (χ2v) is 7.60. The van der Waals surface area contributed by atoms with Crippen LogP contribution in [0.15, 0.2) is 0 Å². The van der Waals surface area contributed by atoms with Crippen LogP contribution in [0.3, 0.4) is 0 Å². The highest BCUT2D eigenvalue weighted by molar-refractivity contribution is 8.00. The maximum Gasteiger partial charge on any atom is 0.178 e. The third-order valence-corrected chi connectivity index (χ3v) is 5.74. The lowest BCUT2D eigenvalue weighted by Crippen LogP contribution is -2.08. The van der Waals surface area contributed by atoms with Gasteiger partial charge in [0.15, 0.2) is 11.6 Å². The first-order chi connectivity index (χ1) is 11.4. The quantitative estimate of drug-likeness (QED) is 0.525. The Morgan fingerprint density at radius 3 is 2.48 bits per heavy atom. The molecule has 0 aliphatic carbocycles. The van der Waals surface area contributed by atoms with E-state index >= 15 is 0 Å². The van der Waals surface area contributed by atoms with Crippen molar-refractivity contribution in [2.24, 2.45) is 0 Å². The fourth-order valence-electron chi connectivity index (χ4n) is 2.06. The van der Waals surface area contributed by atoms with Crippen LogP contribution in [-0.2, 0) is 6.42 Å². The van der Waals surface area contributed by atoms with Crippen LogP contribution in [-0.4, -0.2) is 64.3 Å². The summed E-state index contributed by atoms with van der Waals surface area (Å²) >= 11 is 4.02. The zero-order valence-electron chi connectivity index (χ0n) is 13.4. The molecule has 0 aliphatic heterocycles. The largest absolute Gasteiger partial charge is 0.178 e. The summed E-state index contributed by atoms with van der Waals surface area (Å²) in [4.78, 5) is 0. The zero-order valence-corrected chi connectivity index (χ0v) is 15.1. The van der Waals surface area contributed by atoms with Gasteiger partial charge in [0.25, 0.3) is 0 Å². The van der Waals surface area contributed by atoms with E-state index in [0.29, 0.717) is 0 Å². The number of aromatic amines is 2. The monoisotopic (exact) mass is 356 g/mol. The van der Waals surface area contributed by atoms with Crippen LogP contribution >= 0.6 is 23.5 Å². The minimum Gasteiger partial charge on any atom is -0.177 e. The third-order valence-electron chi connectivity index (χ3n) is 3.37. The molecule has 0 saturated carbocycles. The summed E-state index contributed by atoms with van der Waals surface area (Å²) in [5.41, 5.74) is 0. The smallest absolute Gasteiger partial charge is 0.177 e. The molecule has 10 heteroatoms. The number of hydrogen-bond acceptors (Lipinski definition) is 8. The molecule has 2 aromatic rings. The van der Waals surface area contributed by atoms with E-state index in [-0.39, 0.29) is 5.92 Å². The number of H-pyrrole nitrogens is 2. The highest BCUT2D eigenvalue weighted by Gasteiger charge is 2.17. The van der Waals surface area contributed by atoms with Crippen LogP contribution in [0.25, 0.3) is 0 Å². The molecule has 2 N–H and O–H groups in total. The minimum absolute atomic E-state index is 0.269. The van der Waals surface area contributed by atoms with Gasteiger partial charge >= 0.3 is 0 Å². The van der Waals surface area contributed by atoms with E-state index in [4.69, 9.17) is 0 Å². The molecule has 1 atom stereocenters. The van der Waals surface area contributed by atoms with Gasteiger partial charge in [-0.2, -0.15) is 34.0 Å². The maximum absolute atomic E-state index is 4.14. The molecule has 0 aliphatic rings. The van der Waals surface area contributed by atoms with Gasteiger partial charge in [0.1, 0.15) is 0 Å². The van der Waals surface area contributed by atoms with Crippen molar-refractivity contribution in [2.75, 3.05) is 23.0 Å². The normalized spacial score (nSPS) is 12.6. The third kappa shape index (κ3) is 7.30. The molecule has 0 aromatic carbocycles. The summed E-state index contributed by atoms with van der Waals surface area (Å²) in [7, 11) is 0. The molecule has 8 nitrogen and oxygen atoms in total. The van der Waals surface area contributed by atoms with Crippen LogP contribution in [0.5, 0.6) is 0 Å². The van der Waals surface area contributed by atoms with Gasteiger partial charge in [0, 0.05) is 18.1 Å². The highest BCUT2D eigenvalue weighted by atomic mass is 32.2. The zero-order chi connectivity index (χ0) is 16.2. The number of thioether (sulfide) groups is 2. The summed E-state index contributed by atoms with van der Waals surface area (Å²) < 4.78 is 0. The standard InChI is InChI=1S/C13H24N8S2/c1-2-3-7-22-8-4-9-23-10-11(13-16-20-21-17-13)5-6-12-14-18-19-15-12/h11H,2-10H2,1H3,(H,14,15,18,19)(H,16,17,20,21). The van der Waals surface area contributed by atoms with Crippen molar-refractivity contribution >= 4 is 23.5 Å². The Kier molecular flexibility index (Phi) is 9.00. The van der Waals surface area contributed by atoms with Gasteiger partial charge in [-0.3, -0.25) is 0 Å². The number of tetrazole rings is 2. The van der Waals surface area contributed by atoms with Crippen LogP contribution in [0.4, 0.5) is 0 Å². The highest BCUT2D eigenvalue weighted by Crippen LogP contribution is 2.23. The van der Waals surface area contributed by atoms with Crippen molar-refractivity contribution < 1.29 is 0 Å². The second kappa shape index (κ2) is 11.4. The summed E-state index contributed by atoms with van der Waals surface area (Å²) in [6, 6.07) is 0. The van der Waals surface area contributed by atoms with Gasteiger partial charge in [0.05, 0.1) is 0 Å². The number of hydrogen-bond donors (Lipinski definition) is 2. The Balaban J connectivity index is 1.64. The van der Waals surface area contributed by atoms with Crippen molar-refractivity contribution in [1.82, 2.24) is 41.2 Å². The van der Waals surface area contributed by atoms with Gasteiger partial charge in [-0.15, -0.1) is 20.4 Å². The second-order valence-electron chi connectivity index (χ2n) is 5.23. The number of nitrogens with one attached hydrogen (secondary N) is 2. The maximum atomic E-state index is 4.14. The van der Waals surface area contributed by atoms with Crippen molar-refractivity contribution in [3.05, 3.63) is 11.6 Å². The lowest BCUT2D eigenvalue weighted by Gasteiger charge is -2.11. The first kappa shape index (κ1) is 18.2. The molecule has 128 valence electrons. The number of unbranched alkanes of at least 4 members (excludes halogenated alkanes) is 1. The predicted octanol–water partition coefficient (Wildman–Crippen LogP) is 2.09. The Morgan fingerprint density at radius 1 is 0.957 bits per heavy atom. The minimum atomic E-state index is 0.269. The Labute approximate surface area is 144 Å². The number of aryl methyl sites for hydroxylation is 1. The fourth-order valence-corrected chi connectivity index (χ4v) is 4.40. The van der Waals surface area contributed by atoms with Crippen LogP contribution in [0.1, 0.15) is 50.2 Å². The molecule has 0 bridgehead atoms. The molecule has 1 unspecified atom stereocenters. The van der Waals surface area contributed by atoms with E-state index in [9.17, 15) is 0 Å². The van der Waals surface area contributed by atoms with Crippen molar-refractivity contribution in [1.29, 1.82) is 0 Å². The molecule has 0 spiro atoms. The molecule has 0 fully saturated rings. The van der Waals surface area contributed by atoms with Gasteiger partial charge in [-0.25, -0.2) is 0 Å². The van der Waals surface area contributed by atoms with Gasteiger partial charge < -0.3 is 0 Å². The number of aromatic nitrogens is 8. The van der Waals surface area contributed by atoms with E-state index in [2.05, 4.69) is 59.9 Å². The topological polar surface area (TPSA) is 109 Å². The summed E-state index contributed by atoms with van der Waals surface area (Å²) in [5.74, 6) is 6.49. The van der Waals surface area contributed by atoms with Gasteiger partial charge in [-0.1, -0.05) is 23.8 Å². The molecule has 2 rings (SSSR count). The molecule has 0 saturated heterocycles. The van der Waals surface area contributed by atoms with Crippen LogP contribution < -0.4 is 0 Å². The summed E-state index contributed by atoms with van der Waals surface area (Å²) in [5, 5.41) is 28.5. The number of nitrogens with zero attached hydrogens (tertiary/aromatic N) is 6. The fraction of sp³-hybridized carbons (Fsp3) is 0.846. The Morgan fingerprint density at radius 2 is 1.74 bits per heavy atom. The Bertz CT molecular complexity index is 490. The van der Waals surface area contributed by atoms with E-state index in [0.717, 1.165) is 30.2 Å². The van der Waals surface area contributed by atoms with Gasteiger partial charge in [-0.05, 0) is 36.5 Å². The first-order valence-electron chi connectivity index (χ1n) is 8.01. The van der Waals surface area contributed by atoms with Crippen molar-refractivity contribution in [3.8, 4) is 0 Å². The average molecular weight is 357 g/mol. The van der Waals surface area contributed by atoms with Crippen molar-refractivity contribution in [3.63, 3.8) is 0 Å². The average Bonchev–Trinajstić information content (AvgIpc) is 3.26. The summed E-state index contributed by atoms with van der Waals surface area (Å²) in [6.45, 7) is 2.24. The van der Waals surface area contributed by atoms with E-state index < -0.39 is 0 Å². The van der Waals surface area contributed by atoms with Gasteiger partial charge in [0.2, 0.25) is 0 Å². The SMILES string of the molecule is CCCCSCCCSCC(CCc1nn[nH]n1)c1nn[nH]n1. The van der Waals surface area contributed by atoms with Crippen LogP contribution in [0.2, 0.25) is 0 Å². The number of rotatable bonds is 13. The molecule has 0 amide bonds. The predicted molar refractivity (Wildman–Crippen MR) is 93.6 cm³/mol. The molecular formula is C13H24N8S2.